The van der Waals surface area contributed by atoms with E-state index < -0.39 is 4.92 Å². The molecule has 35 heavy (non-hydrogen) atoms. The van der Waals surface area contributed by atoms with Crippen LogP contribution < -0.4 is 10.1 Å². The number of nitrogens with zero attached hydrogens (tertiary/aromatic N) is 4. The molecule has 178 valence electrons. The first-order valence-electron chi connectivity index (χ1n) is 10.9. The smallest absolute Gasteiger partial charge is 0.269 e. The number of nitro groups is 1. The Hall–Kier alpha value is -4.18. The number of thioether (sulfide) groups is 1. The van der Waals surface area contributed by atoms with E-state index in [0.717, 1.165) is 11.3 Å². The number of nitrogens with one attached hydrogen (secondary N) is 1. The minimum absolute atomic E-state index is 0.00318. The van der Waals surface area contributed by atoms with Gasteiger partial charge in [-0.05, 0) is 48.9 Å². The first-order valence-corrected chi connectivity index (χ1v) is 11.9. The highest BCUT2D eigenvalue weighted by atomic mass is 32.2. The van der Waals surface area contributed by atoms with Crippen LogP contribution in [0.3, 0.4) is 0 Å². The number of hydrogen-bond donors (Lipinski definition) is 1. The van der Waals surface area contributed by atoms with Crippen molar-refractivity contribution < 1.29 is 14.5 Å². The van der Waals surface area contributed by atoms with Gasteiger partial charge < -0.3 is 10.1 Å². The van der Waals surface area contributed by atoms with Crippen LogP contribution in [0, 0.1) is 10.1 Å². The van der Waals surface area contributed by atoms with Gasteiger partial charge in [0.15, 0.2) is 11.0 Å². The van der Waals surface area contributed by atoms with Crippen LogP contribution in [-0.4, -0.2) is 38.0 Å². The number of amides is 1. The Morgan fingerprint density at radius 2 is 1.74 bits per heavy atom. The Balaban J connectivity index is 1.51. The van der Waals surface area contributed by atoms with E-state index in [2.05, 4.69) is 15.5 Å². The molecule has 0 atom stereocenters. The van der Waals surface area contributed by atoms with Gasteiger partial charge in [-0.25, -0.2) is 0 Å². The molecule has 0 aliphatic rings. The standard InChI is InChI=1S/C25H23N5O4S/c1-2-34-22-14-10-20(11-15-22)26-23(31)17-35-25-28-27-24(19-8-12-21(13-9-19)30(32)33)29(25)16-18-6-4-3-5-7-18/h3-15H,2,16-17H2,1H3,(H,26,31). The molecule has 1 amide bonds. The van der Waals surface area contributed by atoms with Gasteiger partial charge in [0, 0.05) is 23.4 Å². The number of aromatic nitrogens is 3. The van der Waals surface area contributed by atoms with Gasteiger partial charge in [-0.2, -0.15) is 0 Å². The second kappa shape index (κ2) is 11.3. The van der Waals surface area contributed by atoms with E-state index in [0.29, 0.717) is 35.4 Å². The molecule has 0 spiro atoms. The molecular weight excluding hydrogens is 466 g/mol. The Morgan fingerprint density at radius 3 is 2.40 bits per heavy atom. The molecule has 4 aromatic rings. The van der Waals surface area contributed by atoms with Crippen LogP contribution in [0.4, 0.5) is 11.4 Å². The van der Waals surface area contributed by atoms with E-state index in [9.17, 15) is 14.9 Å². The van der Waals surface area contributed by atoms with Crippen LogP contribution in [-0.2, 0) is 11.3 Å². The minimum Gasteiger partial charge on any atom is -0.494 e. The van der Waals surface area contributed by atoms with Gasteiger partial charge in [0.2, 0.25) is 5.91 Å². The summed E-state index contributed by atoms with van der Waals surface area (Å²) in [5.41, 5.74) is 2.42. The Bertz CT molecular complexity index is 1290. The molecule has 0 aliphatic carbocycles. The van der Waals surface area contributed by atoms with Crippen LogP contribution in [0.15, 0.2) is 84.0 Å². The van der Waals surface area contributed by atoms with Gasteiger partial charge in [0.25, 0.3) is 5.69 Å². The zero-order chi connectivity index (χ0) is 24.6. The fourth-order valence-electron chi connectivity index (χ4n) is 3.38. The maximum absolute atomic E-state index is 12.6. The number of benzene rings is 3. The highest BCUT2D eigenvalue weighted by molar-refractivity contribution is 7.99. The van der Waals surface area contributed by atoms with Gasteiger partial charge in [-0.3, -0.25) is 19.5 Å². The molecule has 10 heteroatoms. The zero-order valence-electron chi connectivity index (χ0n) is 19.0. The van der Waals surface area contributed by atoms with Crippen molar-refractivity contribution in [3.8, 4) is 17.1 Å². The lowest BCUT2D eigenvalue weighted by Crippen LogP contribution is -2.14. The maximum Gasteiger partial charge on any atom is 0.269 e. The van der Waals surface area contributed by atoms with E-state index in [4.69, 9.17) is 4.74 Å². The fourth-order valence-corrected chi connectivity index (χ4v) is 4.12. The summed E-state index contributed by atoms with van der Waals surface area (Å²) in [6.07, 6.45) is 0. The van der Waals surface area contributed by atoms with Crippen LogP contribution >= 0.6 is 11.8 Å². The number of anilines is 1. The molecule has 0 aliphatic heterocycles. The predicted molar refractivity (Wildman–Crippen MR) is 135 cm³/mol. The van der Waals surface area contributed by atoms with E-state index in [-0.39, 0.29) is 17.3 Å². The molecule has 0 bridgehead atoms. The van der Waals surface area contributed by atoms with Crippen molar-refractivity contribution in [1.29, 1.82) is 0 Å². The summed E-state index contributed by atoms with van der Waals surface area (Å²) in [5, 5.41) is 23.1. The third-order valence-corrected chi connectivity index (χ3v) is 5.98. The number of rotatable bonds is 10. The summed E-state index contributed by atoms with van der Waals surface area (Å²) in [6, 6.07) is 23.2. The Labute approximate surface area is 206 Å². The molecule has 0 fully saturated rings. The molecule has 1 aromatic heterocycles. The van der Waals surface area contributed by atoms with Crippen molar-refractivity contribution in [3.05, 3.63) is 94.5 Å². The lowest BCUT2D eigenvalue weighted by Gasteiger charge is -2.11. The molecular formula is C25H23N5O4S. The molecule has 0 radical (unpaired) electrons. The summed E-state index contributed by atoms with van der Waals surface area (Å²) in [6.45, 7) is 2.98. The van der Waals surface area contributed by atoms with Gasteiger partial charge >= 0.3 is 0 Å². The number of non-ortho nitro benzene ring substituents is 1. The van der Waals surface area contributed by atoms with Crippen molar-refractivity contribution in [1.82, 2.24) is 14.8 Å². The van der Waals surface area contributed by atoms with Crippen LogP contribution in [0.5, 0.6) is 5.75 Å². The van der Waals surface area contributed by atoms with Crippen molar-refractivity contribution in [2.45, 2.75) is 18.6 Å². The Morgan fingerprint density at radius 1 is 1.03 bits per heavy atom. The van der Waals surface area contributed by atoms with Crippen molar-refractivity contribution in [2.24, 2.45) is 0 Å². The van der Waals surface area contributed by atoms with Crippen molar-refractivity contribution >= 4 is 29.0 Å². The zero-order valence-corrected chi connectivity index (χ0v) is 19.8. The summed E-state index contributed by atoms with van der Waals surface area (Å²) in [5.74, 6) is 1.27. The molecule has 3 aromatic carbocycles. The van der Waals surface area contributed by atoms with Crippen LogP contribution in [0.1, 0.15) is 12.5 Å². The number of carbonyl (C=O) groups is 1. The number of ether oxygens (including phenoxy) is 1. The topological polar surface area (TPSA) is 112 Å². The van der Waals surface area contributed by atoms with E-state index in [1.807, 2.05) is 41.8 Å². The average Bonchev–Trinajstić information content (AvgIpc) is 3.27. The normalized spacial score (nSPS) is 10.7. The lowest BCUT2D eigenvalue weighted by molar-refractivity contribution is -0.384. The first-order chi connectivity index (χ1) is 17.0. The molecule has 0 saturated heterocycles. The van der Waals surface area contributed by atoms with Crippen molar-refractivity contribution in [2.75, 3.05) is 17.7 Å². The average molecular weight is 490 g/mol. The quantitative estimate of drug-likeness (QED) is 0.189. The van der Waals surface area contributed by atoms with E-state index in [1.54, 1.807) is 36.4 Å². The highest BCUT2D eigenvalue weighted by Gasteiger charge is 2.17. The predicted octanol–water partition coefficient (Wildman–Crippen LogP) is 5.03. The summed E-state index contributed by atoms with van der Waals surface area (Å²) >= 11 is 1.27. The fraction of sp³-hybridized carbons (Fsp3) is 0.160. The third kappa shape index (κ3) is 6.24. The van der Waals surface area contributed by atoms with Gasteiger partial charge in [0.1, 0.15) is 5.75 Å². The second-order valence-corrected chi connectivity index (χ2v) is 8.42. The molecule has 9 nitrogen and oxygen atoms in total. The first kappa shape index (κ1) is 24.0. The molecule has 1 N–H and O–H groups in total. The molecule has 4 rings (SSSR count). The molecule has 1 heterocycles. The van der Waals surface area contributed by atoms with E-state index in [1.165, 1.54) is 23.9 Å². The maximum atomic E-state index is 12.6. The van der Waals surface area contributed by atoms with Crippen LogP contribution in [0.25, 0.3) is 11.4 Å². The van der Waals surface area contributed by atoms with Crippen LogP contribution in [0.2, 0.25) is 0 Å². The SMILES string of the molecule is CCOc1ccc(NC(=O)CSc2nnc(-c3ccc([N+](=O)[O-])cc3)n2Cc2ccccc2)cc1. The van der Waals surface area contributed by atoms with Gasteiger partial charge in [-0.1, -0.05) is 42.1 Å². The second-order valence-electron chi connectivity index (χ2n) is 7.48. The largest absolute Gasteiger partial charge is 0.494 e. The highest BCUT2D eigenvalue weighted by Crippen LogP contribution is 2.27. The Kier molecular flexibility index (Phi) is 7.74. The summed E-state index contributed by atoms with van der Waals surface area (Å²) < 4.78 is 7.33. The van der Waals surface area contributed by atoms with Gasteiger partial charge in [-0.15, -0.1) is 10.2 Å². The van der Waals surface area contributed by atoms with Gasteiger partial charge in [0.05, 0.1) is 23.8 Å². The minimum atomic E-state index is -0.442. The number of nitro benzene ring substituents is 1. The number of hydrogen-bond acceptors (Lipinski definition) is 7. The monoisotopic (exact) mass is 489 g/mol. The summed E-state index contributed by atoms with van der Waals surface area (Å²) in [7, 11) is 0. The van der Waals surface area contributed by atoms with Crippen molar-refractivity contribution in [3.63, 3.8) is 0 Å². The lowest BCUT2D eigenvalue weighted by atomic mass is 10.2. The molecule has 0 saturated carbocycles. The number of carbonyl (C=O) groups excluding carboxylic acids is 1. The third-order valence-electron chi connectivity index (χ3n) is 5.02. The van der Waals surface area contributed by atoms with E-state index >= 15 is 0 Å². The summed E-state index contributed by atoms with van der Waals surface area (Å²) in [4.78, 5) is 23.1. The molecule has 0 unspecified atom stereocenters.